The Bertz CT molecular complexity index is 405. The standard InChI is InChI=1S/C16H26N2O2/c1-13(2)17-9-5-8-16(19)18-11-14-6-4-7-15(10-14)12-20-3/h4,6-7,10,13,17H,5,8-9,11-12H2,1-3H3,(H,18,19). The Hall–Kier alpha value is -1.39. The molecule has 1 rings (SSSR count). The van der Waals surface area contributed by atoms with Crippen molar-refractivity contribution >= 4 is 5.91 Å². The van der Waals surface area contributed by atoms with E-state index < -0.39 is 0 Å². The first-order valence-corrected chi connectivity index (χ1v) is 7.18. The molecule has 0 aliphatic heterocycles. The zero-order valence-electron chi connectivity index (χ0n) is 12.7. The molecule has 20 heavy (non-hydrogen) atoms. The predicted octanol–water partition coefficient (Wildman–Crippen LogP) is 2.23. The Labute approximate surface area is 121 Å². The van der Waals surface area contributed by atoms with Crippen LogP contribution < -0.4 is 10.6 Å². The number of carbonyl (C=O) groups is 1. The van der Waals surface area contributed by atoms with E-state index in [1.807, 2.05) is 18.2 Å². The van der Waals surface area contributed by atoms with Crippen LogP contribution in [0.2, 0.25) is 0 Å². The van der Waals surface area contributed by atoms with E-state index in [1.165, 1.54) is 0 Å². The second-order valence-corrected chi connectivity index (χ2v) is 5.24. The summed E-state index contributed by atoms with van der Waals surface area (Å²) >= 11 is 0. The first kappa shape index (κ1) is 16.7. The number of methoxy groups -OCH3 is 1. The number of carbonyl (C=O) groups excluding carboxylic acids is 1. The molecule has 0 aliphatic carbocycles. The van der Waals surface area contributed by atoms with Gasteiger partial charge in [0.25, 0.3) is 0 Å². The zero-order valence-corrected chi connectivity index (χ0v) is 12.7. The Morgan fingerprint density at radius 1 is 1.30 bits per heavy atom. The van der Waals surface area contributed by atoms with Crippen molar-refractivity contribution in [2.75, 3.05) is 13.7 Å². The number of hydrogen-bond acceptors (Lipinski definition) is 3. The van der Waals surface area contributed by atoms with Crippen LogP contribution in [0.5, 0.6) is 0 Å². The van der Waals surface area contributed by atoms with Crippen molar-refractivity contribution in [3.63, 3.8) is 0 Å². The summed E-state index contributed by atoms with van der Waals surface area (Å²) in [5.41, 5.74) is 2.23. The van der Waals surface area contributed by atoms with Crippen LogP contribution >= 0.6 is 0 Å². The van der Waals surface area contributed by atoms with Gasteiger partial charge in [-0.3, -0.25) is 4.79 Å². The van der Waals surface area contributed by atoms with Gasteiger partial charge in [-0.25, -0.2) is 0 Å². The van der Waals surface area contributed by atoms with E-state index in [-0.39, 0.29) is 5.91 Å². The number of rotatable bonds is 9. The second-order valence-electron chi connectivity index (χ2n) is 5.24. The topological polar surface area (TPSA) is 50.4 Å². The minimum Gasteiger partial charge on any atom is -0.380 e. The summed E-state index contributed by atoms with van der Waals surface area (Å²) in [6.45, 7) is 6.27. The van der Waals surface area contributed by atoms with E-state index in [4.69, 9.17) is 4.74 Å². The number of nitrogens with one attached hydrogen (secondary N) is 2. The van der Waals surface area contributed by atoms with Gasteiger partial charge in [-0.15, -0.1) is 0 Å². The highest BCUT2D eigenvalue weighted by Gasteiger charge is 2.02. The predicted molar refractivity (Wildman–Crippen MR) is 81.4 cm³/mol. The van der Waals surface area contributed by atoms with E-state index in [0.29, 0.717) is 25.6 Å². The fourth-order valence-electron chi connectivity index (χ4n) is 1.92. The minimum absolute atomic E-state index is 0.104. The van der Waals surface area contributed by atoms with Gasteiger partial charge in [0.05, 0.1) is 6.61 Å². The first-order valence-electron chi connectivity index (χ1n) is 7.18. The summed E-state index contributed by atoms with van der Waals surface area (Å²) < 4.78 is 5.10. The highest BCUT2D eigenvalue weighted by atomic mass is 16.5. The molecule has 1 aromatic rings. The molecule has 4 nitrogen and oxygen atoms in total. The molecule has 0 heterocycles. The summed E-state index contributed by atoms with van der Waals surface area (Å²) in [4.78, 5) is 11.7. The van der Waals surface area contributed by atoms with E-state index in [0.717, 1.165) is 24.1 Å². The third-order valence-electron chi connectivity index (χ3n) is 2.93. The molecule has 0 fully saturated rings. The smallest absolute Gasteiger partial charge is 0.220 e. The SMILES string of the molecule is COCc1cccc(CNC(=O)CCCNC(C)C)c1. The van der Waals surface area contributed by atoms with Gasteiger partial charge < -0.3 is 15.4 Å². The van der Waals surface area contributed by atoms with Crippen molar-refractivity contribution in [2.45, 2.75) is 45.9 Å². The highest BCUT2D eigenvalue weighted by molar-refractivity contribution is 5.75. The summed E-state index contributed by atoms with van der Waals surface area (Å²) in [6, 6.07) is 8.56. The number of hydrogen-bond donors (Lipinski definition) is 2. The maximum atomic E-state index is 11.7. The molecule has 0 aromatic heterocycles. The average molecular weight is 278 g/mol. The van der Waals surface area contributed by atoms with Crippen molar-refractivity contribution in [3.8, 4) is 0 Å². The molecule has 1 amide bonds. The first-order chi connectivity index (χ1) is 9.61. The summed E-state index contributed by atoms with van der Waals surface area (Å²) in [7, 11) is 1.68. The third kappa shape index (κ3) is 7.26. The van der Waals surface area contributed by atoms with Gasteiger partial charge >= 0.3 is 0 Å². The molecule has 0 aliphatic rings. The summed E-state index contributed by atoms with van der Waals surface area (Å²) in [5, 5.41) is 6.25. The summed E-state index contributed by atoms with van der Waals surface area (Å²) in [6.07, 6.45) is 1.44. The fraction of sp³-hybridized carbons (Fsp3) is 0.562. The van der Waals surface area contributed by atoms with Gasteiger partial charge in [-0.1, -0.05) is 38.1 Å². The van der Waals surface area contributed by atoms with Crippen molar-refractivity contribution in [2.24, 2.45) is 0 Å². The van der Waals surface area contributed by atoms with E-state index in [2.05, 4.69) is 30.5 Å². The van der Waals surface area contributed by atoms with Crippen LogP contribution in [-0.4, -0.2) is 25.6 Å². The van der Waals surface area contributed by atoms with Gasteiger partial charge in [-0.2, -0.15) is 0 Å². The summed E-state index contributed by atoms with van der Waals surface area (Å²) in [5.74, 6) is 0.104. The maximum Gasteiger partial charge on any atom is 0.220 e. The van der Waals surface area contributed by atoms with Crippen LogP contribution in [0.15, 0.2) is 24.3 Å². The molecule has 0 bridgehead atoms. The molecule has 2 N–H and O–H groups in total. The van der Waals surface area contributed by atoms with Crippen LogP contribution in [-0.2, 0) is 22.7 Å². The lowest BCUT2D eigenvalue weighted by molar-refractivity contribution is -0.121. The average Bonchev–Trinajstić information content (AvgIpc) is 2.42. The second kappa shape index (κ2) is 9.50. The van der Waals surface area contributed by atoms with E-state index >= 15 is 0 Å². The Morgan fingerprint density at radius 2 is 2.05 bits per heavy atom. The lowest BCUT2D eigenvalue weighted by Gasteiger charge is -2.09. The molecule has 112 valence electrons. The van der Waals surface area contributed by atoms with Crippen molar-refractivity contribution in [3.05, 3.63) is 35.4 Å². The quantitative estimate of drug-likeness (QED) is 0.681. The van der Waals surface area contributed by atoms with Gasteiger partial charge in [0.15, 0.2) is 0 Å². The Morgan fingerprint density at radius 3 is 2.75 bits per heavy atom. The van der Waals surface area contributed by atoms with Gasteiger partial charge in [-0.05, 0) is 24.1 Å². The van der Waals surface area contributed by atoms with Crippen LogP contribution in [0.4, 0.5) is 0 Å². The molecule has 0 radical (unpaired) electrons. The zero-order chi connectivity index (χ0) is 14.8. The minimum atomic E-state index is 0.104. The molecular formula is C16H26N2O2. The number of benzene rings is 1. The van der Waals surface area contributed by atoms with E-state index in [1.54, 1.807) is 7.11 Å². The lowest BCUT2D eigenvalue weighted by atomic mass is 10.1. The van der Waals surface area contributed by atoms with Crippen LogP contribution in [0.25, 0.3) is 0 Å². The van der Waals surface area contributed by atoms with Crippen LogP contribution in [0, 0.1) is 0 Å². The third-order valence-corrected chi connectivity index (χ3v) is 2.93. The monoisotopic (exact) mass is 278 g/mol. The van der Waals surface area contributed by atoms with Crippen molar-refractivity contribution < 1.29 is 9.53 Å². The largest absolute Gasteiger partial charge is 0.380 e. The highest BCUT2D eigenvalue weighted by Crippen LogP contribution is 2.06. The molecule has 0 atom stereocenters. The van der Waals surface area contributed by atoms with Crippen molar-refractivity contribution in [1.29, 1.82) is 0 Å². The molecule has 0 unspecified atom stereocenters. The van der Waals surface area contributed by atoms with Crippen LogP contribution in [0.1, 0.15) is 37.8 Å². The molecule has 1 aromatic carbocycles. The molecule has 0 spiro atoms. The van der Waals surface area contributed by atoms with E-state index in [9.17, 15) is 4.79 Å². The maximum absolute atomic E-state index is 11.7. The van der Waals surface area contributed by atoms with Crippen molar-refractivity contribution in [1.82, 2.24) is 10.6 Å². The Kier molecular flexibility index (Phi) is 7.92. The number of amides is 1. The molecular weight excluding hydrogens is 252 g/mol. The lowest BCUT2D eigenvalue weighted by Crippen LogP contribution is -2.27. The molecule has 0 saturated heterocycles. The fourth-order valence-corrected chi connectivity index (χ4v) is 1.92. The van der Waals surface area contributed by atoms with Gasteiger partial charge in [0.2, 0.25) is 5.91 Å². The van der Waals surface area contributed by atoms with Crippen LogP contribution in [0.3, 0.4) is 0 Å². The molecule has 4 heteroatoms. The van der Waals surface area contributed by atoms with Gasteiger partial charge in [0.1, 0.15) is 0 Å². The van der Waals surface area contributed by atoms with Gasteiger partial charge in [0, 0.05) is 26.1 Å². The Balaban J connectivity index is 2.25. The number of ether oxygens (including phenoxy) is 1. The molecule has 0 saturated carbocycles. The normalized spacial score (nSPS) is 10.8.